The summed E-state index contributed by atoms with van der Waals surface area (Å²) in [5.74, 6) is 0.940. The van der Waals surface area contributed by atoms with Crippen molar-refractivity contribution in [1.82, 2.24) is 14.8 Å². The summed E-state index contributed by atoms with van der Waals surface area (Å²) in [6.45, 7) is 4.10. The molecular weight excluding hydrogens is 298 g/mol. The average molecular weight is 315 g/mol. The third kappa shape index (κ3) is 3.01. The molecule has 1 aliphatic heterocycles. The zero-order valence-corrected chi connectivity index (χ0v) is 12.9. The van der Waals surface area contributed by atoms with Gasteiger partial charge in [-0.15, -0.1) is 0 Å². The van der Waals surface area contributed by atoms with Gasteiger partial charge in [-0.2, -0.15) is 10.1 Å². The molecule has 0 bridgehead atoms. The first-order chi connectivity index (χ1) is 11.1. The molecule has 0 saturated heterocycles. The second kappa shape index (κ2) is 6.07. The van der Waals surface area contributed by atoms with Crippen molar-refractivity contribution in [2.75, 3.05) is 17.2 Å². The Morgan fingerprint density at radius 2 is 2.22 bits per heavy atom. The molecule has 2 N–H and O–H groups in total. The van der Waals surface area contributed by atoms with Gasteiger partial charge in [-0.1, -0.05) is 12.1 Å². The minimum atomic E-state index is -0.689. The number of hydrogen-bond acceptors (Lipinski definition) is 5. The Morgan fingerprint density at radius 3 is 3.00 bits per heavy atom. The van der Waals surface area contributed by atoms with Gasteiger partial charge >= 0.3 is 0 Å². The first kappa shape index (κ1) is 15.0. The van der Waals surface area contributed by atoms with Crippen molar-refractivity contribution in [3.05, 3.63) is 30.1 Å². The van der Waals surface area contributed by atoms with E-state index in [1.165, 1.54) is 4.68 Å². The molecule has 2 heterocycles. The largest absolute Gasteiger partial charge is 0.492 e. The zero-order valence-electron chi connectivity index (χ0n) is 12.9. The SMILES string of the molecule is CCOc1ccccc1NC(=O)CC1C(=O)Nc2nc(C)nn21. The molecule has 8 nitrogen and oxygen atoms in total. The Morgan fingerprint density at radius 1 is 1.43 bits per heavy atom. The van der Waals surface area contributed by atoms with Gasteiger partial charge in [0.25, 0.3) is 5.91 Å². The van der Waals surface area contributed by atoms with Crippen LogP contribution in [0.4, 0.5) is 11.6 Å². The predicted octanol–water partition coefficient (Wildman–Crippen LogP) is 1.51. The minimum Gasteiger partial charge on any atom is -0.492 e. The van der Waals surface area contributed by atoms with Gasteiger partial charge in [0.05, 0.1) is 18.7 Å². The highest BCUT2D eigenvalue weighted by Crippen LogP contribution is 2.27. The minimum absolute atomic E-state index is 0.0257. The van der Waals surface area contributed by atoms with E-state index < -0.39 is 6.04 Å². The first-order valence-corrected chi connectivity index (χ1v) is 7.34. The molecule has 0 radical (unpaired) electrons. The van der Waals surface area contributed by atoms with Crippen molar-refractivity contribution in [3.63, 3.8) is 0 Å². The molecule has 120 valence electrons. The van der Waals surface area contributed by atoms with Crippen LogP contribution >= 0.6 is 0 Å². The number of benzene rings is 1. The number of amides is 2. The molecule has 0 fully saturated rings. The number of nitrogens with one attached hydrogen (secondary N) is 2. The van der Waals surface area contributed by atoms with E-state index in [4.69, 9.17) is 4.74 Å². The lowest BCUT2D eigenvalue weighted by Crippen LogP contribution is -2.24. The number of nitrogens with zero attached hydrogens (tertiary/aromatic N) is 3. The Kier molecular flexibility index (Phi) is 3.96. The van der Waals surface area contributed by atoms with E-state index in [2.05, 4.69) is 20.7 Å². The molecule has 23 heavy (non-hydrogen) atoms. The number of rotatable bonds is 5. The summed E-state index contributed by atoms with van der Waals surface area (Å²) >= 11 is 0. The smallest absolute Gasteiger partial charge is 0.252 e. The molecule has 2 aromatic rings. The third-order valence-corrected chi connectivity index (χ3v) is 3.41. The number of ether oxygens (including phenoxy) is 1. The van der Waals surface area contributed by atoms with Crippen molar-refractivity contribution < 1.29 is 14.3 Å². The lowest BCUT2D eigenvalue weighted by Gasteiger charge is -2.13. The number of carbonyl (C=O) groups is 2. The van der Waals surface area contributed by atoms with Crippen LogP contribution in [0.3, 0.4) is 0 Å². The summed E-state index contributed by atoms with van der Waals surface area (Å²) in [6, 6.07) is 6.48. The summed E-state index contributed by atoms with van der Waals surface area (Å²) in [6.07, 6.45) is -0.0257. The Labute approximate surface area is 132 Å². The predicted molar refractivity (Wildman–Crippen MR) is 83.3 cm³/mol. The molecule has 1 unspecified atom stereocenters. The van der Waals surface area contributed by atoms with Crippen LogP contribution in [0.5, 0.6) is 5.75 Å². The zero-order chi connectivity index (χ0) is 16.4. The van der Waals surface area contributed by atoms with Crippen molar-refractivity contribution >= 4 is 23.5 Å². The molecule has 1 aromatic carbocycles. The fourth-order valence-electron chi connectivity index (χ4n) is 2.44. The number of aryl methyl sites for hydroxylation is 1. The Hall–Kier alpha value is -2.90. The topological polar surface area (TPSA) is 98.1 Å². The van der Waals surface area contributed by atoms with Gasteiger partial charge in [0.2, 0.25) is 11.9 Å². The first-order valence-electron chi connectivity index (χ1n) is 7.34. The summed E-state index contributed by atoms with van der Waals surface area (Å²) in [7, 11) is 0. The van der Waals surface area contributed by atoms with Crippen LogP contribution in [0.2, 0.25) is 0 Å². The molecule has 1 aromatic heterocycles. The van der Waals surface area contributed by atoms with Crippen LogP contribution in [0, 0.1) is 6.92 Å². The summed E-state index contributed by atoms with van der Waals surface area (Å²) < 4.78 is 6.92. The second-order valence-electron chi connectivity index (χ2n) is 5.11. The highest BCUT2D eigenvalue weighted by molar-refractivity contribution is 6.01. The van der Waals surface area contributed by atoms with E-state index in [1.807, 2.05) is 13.0 Å². The van der Waals surface area contributed by atoms with Gasteiger partial charge in [-0.05, 0) is 26.0 Å². The average Bonchev–Trinajstić information content (AvgIpc) is 2.99. The van der Waals surface area contributed by atoms with Crippen molar-refractivity contribution in [1.29, 1.82) is 0 Å². The standard InChI is InChI=1S/C15H17N5O3/c1-3-23-12-7-5-4-6-10(12)17-13(21)8-11-14(22)18-15-16-9(2)19-20(11)15/h4-7,11H,3,8H2,1-2H3,(H,17,21)(H,16,18,19,22). The monoisotopic (exact) mass is 315 g/mol. The Bertz CT molecular complexity index is 755. The van der Waals surface area contributed by atoms with Gasteiger partial charge in [0, 0.05) is 0 Å². The number of aromatic nitrogens is 3. The quantitative estimate of drug-likeness (QED) is 0.871. The van der Waals surface area contributed by atoms with Gasteiger partial charge in [-0.25, -0.2) is 4.68 Å². The fourth-order valence-corrected chi connectivity index (χ4v) is 2.44. The maximum atomic E-state index is 12.3. The van der Waals surface area contributed by atoms with E-state index in [1.54, 1.807) is 25.1 Å². The molecule has 1 atom stereocenters. The van der Waals surface area contributed by atoms with E-state index in [0.717, 1.165) is 0 Å². The second-order valence-corrected chi connectivity index (χ2v) is 5.11. The van der Waals surface area contributed by atoms with Crippen molar-refractivity contribution in [2.45, 2.75) is 26.3 Å². The van der Waals surface area contributed by atoms with Crippen LogP contribution in [-0.4, -0.2) is 33.2 Å². The molecule has 8 heteroatoms. The van der Waals surface area contributed by atoms with E-state index >= 15 is 0 Å². The maximum Gasteiger partial charge on any atom is 0.252 e. The molecule has 3 rings (SSSR count). The Balaban J connectivity index is 1.72. The van der Waals surface area contributed by atoms with Crippen LogP contribution in [-0.2, 0) is 9.59 Å². The van der Waals surface area contributed by atoms with Crippen molar-refractivity contribution in [2.24, 2.45) is 0 Å². The molecule has 0 spiro atoms. The normalized spacial score (nSPS) is 15.9. The van der Waals surface area contributed by atoms with Crippen molar-refractivity contribution in [3.8, 4) is 5.75 Å². The van der Waals surface area contributed by atoms with Crippen LogP contribution < -0.4 is 15.4 Å². The van der Waals surface area contributed by atoms with E-state index in [9.17, 15) is 9.59 Å². The van der Waals surface area contributed by atoms with Crippen LogP contribution in [0.15, 0.2) is 24.3 Å². The maximum absolute atomic E-state index is 12.3. The summed E-state index contributed by atoms with van der Waals surface area (Å²) in [4.78, 5) is 28.3. The lowest BCUT2D eigenvalue weighted by molar-refractivity contribution is -0.123. The van der Waals surface area contributed by atoms with Gasteiger partial charge < -0.3 is 10.1 Å². The van der Waals surface area contributed by atoms with Gasteiger partial charge in [0.1, 0.15) is 17.6 Å². The molecule has 0 aliphatic carbocycles. The number of hydrogen-bond donors (Lipinski definition) is 2. The molecule has 2 amide bonds. The molecular formula is C15H17N5O3. The fraction of sp³-hybridized carbons (Fsp3) is 0.333. The molecule has 0 saturated carbocycles. The number of anilines is 2. The highest BCUT2D eigenvalue weighted by Gasteiger charge is 2.34. The van der Waals surface area contributed by atoms with Crippen LogP contribution in [0.1, 0.15) is 25.2 Å². The number of fused-ring (bicyclic) bond motifs is 1. The van der Waals surface area contributed by atoms with E-state index in [0.29, 0.717) is 29.8 Å². The molecule has 1 aliphatic rings. The summed E-state index contributed by atoms with van der Waals surface area (Å²) in [5, 5.41) is 9.54. The van der Waals surface area contributed by atoms with E-state index in [-0.39, 0.29) is 18.2 Å². The van der Waals surface area contributed by atoms with Gasteiger partial charge in [0.15, 0.2) is 0 Å². The lowest BCUT2D eigenvalue weighted by atomic mass is 10.2. The van der Waals surface area contributed by atoms with Gasteiger partial charge in [-0.3, -0.25) is 14.9 Å². The summed E-state index contributed by atoms with van der Waals surface area (Å²) in [5.41, 5.74) is 0.577. The van der Waals surface area contributed by atoms with Crippen LogP contribution in [0.25, 0.3) is 0 Å². The highest BCUT2D eigenvalue weighted by atomic mass is 16.5. The number of para-hydroxylation sites is 2. The number of carbonyl (C=O) groups excluding carboxylic acids is 2. The third-order valence-electron chi connectivity index (χ3n) is 3.41.